The second kappa shape index (κ2) is 5.40. The Labute approximate surface area is 103 Å². The minimum atomic E-state index is 0.536. The Morgan fingerprint density at radius 2 is 2.35 bits per heavy atom. The fourth-order valence-electron chi connectivity index (χ4n) is 1.28. The van der Waals surface area contributed by atoms with E-state index in [0.717, 1.165) is 10.2 Å². The quantitative estimate of drug-likeness (QED) is 0.838. The maximum atomic E-state index is 5.22. The molecule has 2 heterocycles. The van der Waals surface area contributed by atoms with Crippen molar-refractivity contribution in [1.29, 1.82) is 0 Å². The molecule has 0 radical (unpaired) electrons. The highest BCUT2D eigenvalue weighted by atomic mass is 32.1. The van der Waals surface area contributed by atoms with Gasteiger partial charge in [-0.2, -0.15) is 4.98 Å². The zero-order valence-corrected chi connectivity index (χ0v) is 10.4. The van der Waals surface area contributed by atoms with Gasteiger partial charge in [0.25, 0.3) is 0 Å². The number of nitrogens with zero attached hydrogens (tertiary/aromatic N) is 3. The van der Waals surface area contributed by atoms with Crippen molar-refractivity contribution in [1.82, 2.24) is 15.3 Å². The van der Waals surface area contributed by atoms with Crippen LogP contribution in [0.25, 0.3) is 10.2 Å². The van der Waals surface area contributed by atoms with Crippen LogP contribution in [0.5, 0.6) is 5.88 Å². The van der Waals surface area contributed by atoms with Gasteiger partial charge in [0.15, 0.2) is 5.82 Å². The SMILES string of the molecule is CN/C=C\N=Cc1nc(OC)c2sccc2n1. The molecule has 0 aliphatic rings. The van der Waals surface area contributed by atoms with Crippen molar-refractivity contribution >= 4 is 27.8 Å². The maximum Gasteiger partial charge on any atom is 0.235 e. The van der Waals surface area contributed by atoms with E-state index in [-0.39, 0.29) is 0 Å². The molecule has 88 valence electrons. The molecule has 0 spiro atoms. The molecule has 2 aromatic rings. The largest absolute Gasteiger partial charge is 0.480 e. The molecule has 0 bridgehead atoms. The Kier molecular flexibility index (Phi) is 3.66. The third-order valence-corrected chi connectivity index (χ3v) is 2.89. The van der Waals surface area contributed by atoms with E-state index < -0.39 is 0 Å². The zero-order chi connectivity index (χ0) is 12.1. The number of rotatable bonds is 4. The van der Waals surface area contributed by atoms with Crippen LogP contribution < -0.4 is 10.1 Å². The summed E-state index contributed by atoms with van der Waals surface area (Å²) in [5.74, 6) is 1.12. The van der Waals surface area contributed by atoms with Gasteiger partial charge in [0, 0.05) is 19.4 Å². The number of methoxy groups -OCH3 is 1. The van der Waals surface area contributed by atoms with Crippen LogP contribution in [0, 0.1) is 0 Å². The molecule has 2 rings (SSSR count). The van der Waals surface area contributed by atoms with E-state index in [9.17, 15) is 0 Å². The molecular weight excluding hydrogens is 236 g/mol. The number of aromatic nitrogens is 2. The second-order valence-electron chi connectivity index (χ2n) is 3.11. The minimum absolute atomic E-state index is 0.536. The van der Waals surface area contributed by atoms with Crippen molar-refractivity contribution in [2.45, 2.75) is 0 Å². The molecule has 0 fully saturated rings. The summed E-state index contributed by atoms with van der Waals surface area (Å²) in [4.78, 5) is 12.7. The Balaban J connectivity index is 2.34. The first-order valence-electron chi connectivity index (χ1n) is 5.00. The summed E-state index contributed by atoms with van der Waals surface area (Å²) in [7, 11) is 3.41. The molecule has 0 aromatic carbocycles. The average molecular weight is 248 g/mol. The van der Waals surface area contributed by atoms with Gasteiger partial charge in [0.2, 0.25) is 5.88 Å². The summed E-state index contributed by atoms with van der Waals surface area (Å²) in [6, 6.07) is 1.94. The molecule has 0 aliphatic carbocycles. The van der Waals surface area contributed by atoms with Crippen molar-refractivity contribution in [3.8, 4) is 5.88 Å². The van der Waals surface area contributed by atoms with Gasteiger partial charge in [0.05, 0.1) is 18.8 Å². The normalized spacial score (nSPS) is 11.6. The second-order valence-corrected chi connectivity index (χ2v) is 4.02. The Morgan fingerprint density at radius 1 is 1.47 bits per heavy atom. The van der Waals surface area contributed by atoms with E-state index in [4.69, 9.17) is 4.74 Å². The number of thiophene rings is 1. The molecule has 0 unspecified atom stereocenters. The van der Waals surface area contributed by atoms with Crippen LogP contribution in [0.1, 0.15) is 5.82 Å². The van der Waals surface area contributed by atoms with Crippen LogP contribution >= 0.6 is 11.3 Å². The van der Waals surface area contributed by atoms with Crippen LogP contribution in [0.4, 0.5) is 0 Å². The summed E-state index contributed by atoms with van der Waals surface area (Å²) in [5.41, 5.74) is 0.876. The third-order valence-electron chi connectivity index (χ3n) is 2.00. The summed E-state index contributed by atoms with van der Waals surface area (Å²) in [6.45, 7) is 0. The molecule has 6 heteroatoms. The first-order chi connectivity index (χ1) is 8.35. The molecular formula is C11H12N4OS. The highest BCUT2D eigenvalue weighted by molar-refractivity contribution is 7.17. The summed E-state index contributed by atoms with van der Waals surface area (Å²) >= 11 is 1.56. The van der Waals surface area contributed by atoms with Crippen LogP contribution in [0.15, 0.2) is 28.8 Å². The Hall–Kier alpha value is -1.95. The monoisotopic (exact) mass is 248 g/mol. The van der Waals surface area contributed by atoms with Gasteiger partial charge in [-0.25, -0.2) is 4.98 Å². The van der Waals surface area contributed by atoms with Crippen molar-refractivity contribution < 1.29 is 4.74 Å². The molecule has 0 amide bonds. The predicted molar refractivity (Wildman–Crippen MR) is 69.8 cm³/mol. The Bertz CT molecular complexity index is 562. The van der Waals surface area contributed by atoms with E-state index >= 15 is 0 Å². The van der Waals surface area contributed by atoms with E-state index in [1.165, 1.54) is 0 Å². The van der Waals surface area contributed by atoms with Gasteiger partial charge >= 0.3 is 0 Å². The molecule has 0 atom stereocenters. The molecule has 0 aliphatic heterocycles. The lowest BCUT2D eigenvalue weighted by atomic mass is 10.4. The average Bonchev–Trinajstić information content (AvgIpc) is 2.81. The van der Waals surface area contributed by atoms with Crippen LogP contribution in [0.3, 0.4) is 0 Å². The summed E-state index contributed by atoms with van der Waals surface area (Å²) in [5, 5.41) is 4.81. The van der Waals surface area contributed by atoms with E-state index in [2.05, 4.69) is 20.3 Å². The van der Waals surface area contributed by atoms with Gasteiger partial charge < -0.3 is 10.1 Å². The fraction of sp³-hybridized carbons (Fsp3) is 0.182. The van der Waals surface area contributed by atoms with Gasteiger partial charge in [-0.1, -0.05) is 0 Å². The number of nitrogens with one attached hydrogen (secondary N) is 1. The van der Waals surface area contributed by atoms with Gasteiger partial charge in [-0.3, -0.25) is 4.99 Å². The number of hydrogen-bond acceptors (Lipinski definition) is 6. The highest BCUT2D eigenvalue weighted by Crippen LogP contribution is 2.26. The third kappa shape index (κ3) is 2.59. The van der Waals surface area contributed by atoms with Crippen molar-refractivity contribution in [3.63, 3.8) is 0 Å². The van der Waals surface area contributed by atoms with E-state index in [0.29, 0.717) is 11.7 Å². The molecule has 0 saturated heterocycles. The van der Waals surface area contributed by atoms with Crippen molar-refractivity contribution in [2.75, 3.05) is 14.2 Å². The molecule has 1 N–H and O–H groups in total. The standard InChI is InChI=1S/C11H12N4OS/c1-12-4-5-13-7-9-14-8-3-6-17-10(8)11(15-9)16-2/h3-7,12H,1-2H3/b5-4-,13-7?. The topological polar surface area (TPSA) is 59.4 Å². The van der Waals surface area contributed by atoms with Crippen LogP contribution in [0.2, 0.25) is 0 Å². The fourth-order valence-corrected chi connectivity index (χ4v) is 2.07. The van der Waals surface area contributed by atoms with Crippen molar-refractivity contribution in [3.05, 3.63) is 29.7 Å². The lowest BCUT2D eigenvalue weighted by Gasteiger charge is -2.00. The highest BCUT2D eigenvalue weighted by Gasteiger charge is 2.07. The smallest absolute Gasteiger partial charge is 0.235 e. The van der Waals surface area contributed by atoms with E-state index in [1.807, 2.05) is 18.5 Å². The first kappa shape index (κ1) is 11.5. The minimum Gasteiger partial charge on any atom is -0.480 e. The summed E-state index contributed by atoms with van der Waals surface area (Å²) in [6.07, 6.45) is 4.94. The van der Waals surface area contributed by atoms with Crippen LogP contribution in [-0.4, -0.2) is 30.3 Å². The van der Waals surface area contributed by atoms with Crippen LogP contribution in [-0.2, 0) is 0 Å². The predicted octanol–water partition coefficient (Wildman–Crippen LogP) is 1.81. The maximum absolute atomic E-state index is 5.22. The van der Waals surface area contributed by atoms with Gasteiger partial charge in [-0.05, 0) is 11.4 Å². The zero-order valence-electron chi connectivity index (χ0n) is 9.54. The van der Waals surface area contributed by atoms with Gasteiger partial charge in [0.1, 0.15) is 4.70 Å². The molecule has 0 saturated carbocycles. The van der Waals surface area contributed by atoms with E-state index in [1.54, 1.807) is 37.1 Å². The number of aliphatic imine (C=N–C) groups is 1. The number of hydrogen-bond donors (Lipinski definition) is 1. The first-order valence-corrected chi connectivity index (χ1v) is 5.88. The number of ether oxygens (including phenoxy) is 1. The molecule has 17 heavy (non-hydrogen) atoms. The van der Waals surface area contributed by atoms with Gasteiger partial charge in [-0.15, -0.1) is 11.3 Å². The lowest BCUT2D eigenvalue weighted by molar-refractivity contribution is 0.403. The Morgan fingerprint density at radius 3 is 3.12 bits per heavy atom. The molecule has 5 nitrogen and oxygen atoms in total. The lowest BCUT2D eigenvalue weighted by Crippen LogP contribution is -1.97. The summed E-state index contributed by atoms with van der Waals surface area (Å²) < 4.78 is 6.18. The number of fused-ring (bicyclic) bond motifs is 1. The molecule has 2 aromatic heterocycles. The van der Waals surface area contributed by atoms with Crippen molar-refractivity contribution in [2.24, 2.45) is 4.99 Å².